The average molecular weight is 442 g/mol. The minimum atomic E-state index is -2.70. The van der Waals surface area contributed by atoms with Crippen molar-refractivity contribution >= 4 is 28.6 Å². The summed E-state index contributed by atoms with van der Waals surface area (Å²) in [6, 6.07) is 7.07. The third kappa shape index (κ3) is 4.37. The standard InChI is InChI=1S/C21H24F2N8O/c1-2-17(24)28-31(25)18-4-3-16(13-26-18)30-8-5-14-11-15(12-27-19(14)30)20(32)29-9-6-21(22,23)7-10-29/h3-5,8,11-13H,2,6-7,9-10,25H2,1H3,(H2,24,28). The Bertz CT molecular complexity index is 1150. The van der Waals surface area contributed by atoms with E-state index in [9.17, 15) is 13.6 Å². The number of carbonyl (C=O) groups is 1. The highest BCUT2D eigenvalue weighted by Crippen LogP contribution is 2.29. The number of amidine groups is 1. The van der Waals surface area contributed by atoms with E-state index in [1.807, 2.05) is 29.8 Å². The molecule has 168 valence electrons. The monoisotopic (exact) mass is 442 g/mol. The lowest BCUT2D eigenvalue weighted by Crippen LogP contribution is -2.42. The predicted molar refractivity (Wildman–Crippen MR) is 118 cm³/mol. The van der Waals surface area contributed by atoms with Crippen molar-refractivity contribution in [1.29, 1.82) is 0 Å². The van der Waals surface area contributed by atoms with E-state index in [0.29, 0.717) is 29.3 Å². The molecule has 32 heavy (non-hydrogen) atoms. The van der Waals surface area contributed by atoms with E-state index < -0.39 is 5.92 Å². The third-order valence-corrected chi connectivity index (χ3v) is 5.40. The fourth-order valence-electron chi connectivity index (χ4n) is 3.49. The number of piperidine rings is 1. The highest BCUT2D eigenvalue weighted by Gasteiger charge is 2.35. The molecule has 3 aromatic heterocycles. The fourth-order valence-corrected chi connectivity index (χ4v) is 3.49. The first kappa shape index (κ1) is 21.6. The first-order valence-electron chi connectivity index (χ1n) is 10.3. The lowest BCUT2D eigenvalue weighted by Gasteiger charge is -2.31. The van der Waals surface area contributed by atoms with E-state index in [-0.39, 0.29) is 31.8 Å². The highest BCUT2D eigenvalue weighted by atomic mass is 19.3. The molecule has 0 bridgehead atoms. The molecule has 4 rings (SSSR count). The minimum absolute atomic E-state index is 0.0367. The van der Waals surface area contributed by atoms with Crippen molar-refractivity contribution < 1.29 is 13.6 Å². The van der Waals surface area contributed by atoms with Crippen LogP contribution in [0.15, 0.2) is 48.0 Å². The van der Waals surface area contributed by atoms with Gasteiger partial charge in [-0.3, -0.25) is 9.36 Å². The van der Waals surface area contributed by atoms with Crippen LogP contribution in [0.4, 0.5) is 14.6 Å². The molecule has 0 unspecified atom stereocenters. The van der Waals surface area contributed by atoms with Gasteiger partial charge in [-0.15, -0.1) is 5.10 Å². The number of likely N-dealkylation sites (tertiary alicyclic amines) is 1. The van der Waals surface area contributed by atoms with Crippen LogP contribution >= 0.6 is 0 Å². The van der Waals surface area contributed by atoms with Gasteiger partial charge in [0.05, 0.1) is 17.4 Å². The van der Waals surface area contributed by atoms with Crippen LogP contribution in [0.3, 0.4) is 0 Å². The van der Waals surface area contributed by atoms with Gasteiger partial charge in [-0.1, -0.05) is 6.92 Å². The van der Waals surface area contributed by atoms with Crippen LogP contribution in [0.5, 0.6) is 0 Å². The van der Waals surface area contributed by atoms with Crippen LogP contribution in [0.2, 0.25) is 0 Å². The molecule has 0 radical (unpaired) electrons. The number of hydrazine groups is 1. The number of aromatic nitrogens is 3. The molecule has 0 atom stereocenters. The van der Waals surface area contributed by atoms with Crippen molar-refractivity contribution in [2.24, 2.45) is 16.7 Å². The Labute approximate surface area is 183 Å². The second-order valence-electron chi connectivity index (χ2n) is 7.63. The lowest BCUT2D eigenvalue weighted by molar-refractivity contribution is -0.0494. The van der Waals surface area contributed by atoms with Gasteiger partial charge in [-0.05, 0) is 24.3 Å². The molecule has 0 aromatic carbocycles. The third-order valence-electron chi connectivity index (χ3n) is 5.40. The van der Waals surface area contributed by atoms with Gasteiger partial charge in [0, 0.05) is 50.1 Å². The van der Waals surface area contributed by atoms with Gasteiger partial charge in [-0.2, -0.15) is 5.12 Å². The number of hydrazone groups is 1. The Balaban J connectivity index is 1.54. The van der Waals surface area contributed by atoms with E-state index in [1.54, 1.807) is 18.3 Å². The number of rotatable bonds is 5. The van der Waals surface area contributed by atoms with Crippen molar-refractivity contribution in [1.82, 2.24) is 19.4 Å². The van der Waals surface area contributed by atoms with Crippen molar-refractivity contribution in [3.8, 4) is 5.69 Å². The molecule has 0 spiro atoms. The Hall–Kier alpha value is -3.60. The summed E-state index contributed by atoms with van der Waals surface area (Å²) >= 11 is 0. The number of amides is 1. The zero-order valence-corrected chi connectivity index (χ0v) is 17.6. The molecule has 0 aliphatic carbocycles. The number of halogens is 2. The van der Waals surface area contributed by atoms with Crippen LogP contribution in [0, 0.1) is 0 Å². The van der Waals surface area contributed by atoms with Gasteiger partial charge in [0.1, 0.15) is 11.5 Å². The van der Waals surface area contributed by atoms with Crippen LogP contribution in [-0.2, 0) is 0 Å². The van der Waals surface area contributed by atoms with Gasteiger partial charge >= 0.3 is 0 Å². The van der Waals surface area contributed by atoms with Crippen molar-refractivity contribution in [2.75, 3.05) is 18.2 Å². The molecule has 1 amide bonds. The number of fused-ring (bicyclic) bond motifs is 1. The highest BCUT2D eigenvalue weighted by molar-refractivity contribution is 5.97. The first-order chi connectivity index (χ1) is 15.3. The van der Waals surface area contributed by atoms with Gasteiger partial charge in [0.15, 0.2) is 5.82 Å². The lowest BCUT2D eigenvalue weighted by atomic mass is 10.1. The summed E-state index contributed by atoms with van der Waals surface area (Å²) in [5.74, 6) is 3.69. The summed E-state index contributed by atoms with van der Waals surface area (Å²) in [6.07, 6.45) is 4.86. The molecule has 9 nitrogen and oxygen atoms in total. The topological polar surface area (TPSA) is 119 Å². The van der Waals surface area contributed by atoms with Gasteiger partial charge in [-0.25, -0.2) is 24.6 Å². The summed E-state index contributed by atoms with van der Waals surface area (Å²) in [6.45, 7) is 1.95. The summed E-state index contributed by atoms with van der Waals surface area (Å²) in [7, 11) is 0. The quantitative estimate of drug-likeness (QED) is 0.271. The second-order valence-corrected chi connectivity index (χ2v) is 7.63. The molecule has 1 aliphatic heterocycles. The normalized spacial score (nSPS) is 16.4. The molecule has 4 heterocycles. The molecule has 1 aliphatic rings. The minimum Gasteiger partial charge on any atom is -0.386 e. The Morgan fingerprint density at radius 3 is 2.62 bits per heavy atom. The molecule has 0 saturated carbocycles. The smallest absolute Gasteiger partial charge is 0.255 e. The number of anilines is 1. The predicted octanol–water partition coefficient (Wildman–Crippen LogP) is 2.65. The number of alkyl halides is 2. The Morgan fingerprint density at radius 1 is 1.22 bits per heavy atom. The van der Waals surface area contributed by atoms with E-state index >= 15 is 0 Å². The largest absolute Gasteiger partial charge is 0.386 e. The molecular weight excluding hydrogens is 418 g/mol. The molecule has 11 heteroatoms. The van der Waals surface area contributed by atoms with Gasteiger partial charge in [0.25, 0.3) is 11.8 Å². The molecule has 1 saturated heterocycles. The number of nitrogens with two attached hydrogens (primary N) is 2. The number of hydrogen-bond acceptors (Lipinski definition) is 6. The van der Waals surface area contributed by atoms with E-state index in [0.717, 1.165) is 16.2 Å². The molecule has 1 fully saturated rings. The average Bonchev–Trinajstić information content (AvgIpc) is 3.22. The van der Waals surface area contributed by atoms with Gasteiger partial charge in [0.2, 0.25) is 0 Å². The van der Waals surface area contributed by atoms with Crippen LogP contribution in [0.25, 0.3) is 16.7 Å². The van der Waals surface area contributed by atoms with Crippen molar-refractivity contribution in [3.63, 3.8) is 0 Å². The zero-order valence-electron chi connectivity index (χ0n) is 17.6. The van der Waals surface area contributed by atoms with E-state index in [2.05, 4.69) is 15.1 Å². The van der Waals surface area contributed by atoms with E-state index in [1.165, 1.54) is 11.1 Å². The maximum Gasteiger partial charge on any atom is 0.255 e. The van der Waals surface area contributed by atoms with Crippen molar-refractivity contribution in [2.45, 2.75) is 32.1 Å². The number of nitrogens with zero attached hydrogens (tertiary/aromatic N) is 6. The molecule has 3 aromatic rings. The molecular formula is C21H24F2N8O. The molecule has 4 N–H and O–H groups in total. The Kier molecular flexibility index (Phi) is 5.74. The Morgan fingerprint density at radius 2 is 1.97 bits per heavy atom. The summed E-state index contributed by atoms with van der Waals surface area (Å²) < 4.78 is 28.6. The zero-order chi connectivity index (χ0) is 22.9. The summed E-state index contributed by atoms with van der Waals surface area (Å²) in [4.78, 5) is 22.9. The van der Waals surface area contributed by atoms with Crippen LogP contribution < -0.4 is 16.7 Å². The van der Waals surface area contributed by atoms with Crippen LogP contribution in [0.1, 0.15) is 36.5 Å². The maximum atomic E-state index is 13.4. The second kappa shape index (κ2) is 8.50. The number of hydrogen-bond donors (Lipinski definition) is 2. The van der Waals surface area contributed by atoms with Crippen molar-refractivity contribution in [3.05, 3.63) is 48.4 Å². The number of pyridine rings is 2. The summed E-state index contributed by atoms with van der Waals surface area (Å²) in [5, 5.41) is 5.89. The van der Waals surface area contributed by atoms with Crippen LogP contribution in [-0.4, -0.2) is 50.2 Å². The first-order valence-corrected chi connectivity index (χ1v) is 10.3. The van der Waals surface area contributed by atoms with Gasteiger partial charge < -0.3 is 10.6 Å². The SMILES string of the molecule is CC/C(N)=N/N(N)c1ccc(-n2ccc3cc(C(=O)N4CCC(F)(F)CC4)cnc32)cn1. The fraction of sp³-hybridized carbons (Fsp3) is 0.333. The number of carbonyl (C=O) groups excluding carboxylic acids is 1. The maximum absolute atomic E-state index is 13.4. The van der Waals surface area contributed by atoms with E-state index in [4.69, 9.17) is 11.6 Å². The summed E-state index contributed by atoms with van der Waals surface area (Å²) in [5.41, 5.74) is 7.46.